The number of aromatic nitrogens is 1. The highest BCUT2D eigenvalue weighted by molar-refractivity contribution is 5.58. The zero-order chi connectivity index (χ0) is 10.8. The van der Waals surface area contributed by atoms with Crippen molar-refractivity contribution >= 4 is 5.69 Å². The smallest absolute Gasteiger partial charge is 0.226 e. The number of anilines is 1. The minimum atomic E-state index is 0.688. The van der Waals surface area contributed by atoms with Gasteiger partial charge in [0.15, 0.2) is 0 Å². The van der Waals surface area contributed by atoms with Crippen molar-refractivity contribution in [2.75, 3.05) is 12.4 Å². The minimum Gasteiger partial charge on any atom is -0.441 e. The molecule has 0 bridgehead atoms. The van der Waals surface area contributed by atoms with E-state index in [1.807, 2.05) is 45.2 Å². The molecule has 0 aliphatic rings. The fraction of sp³-hybridized carbons (Fsp3) is 0.250. The first-order valence-corrected chi connectivity index (χ1v) is 4.93. The SMILES string of the molecule is CNc1ccc(-c2nc(C)c(C)o2)cc1. The number of rotatable bonds is 2. The molecule has 1 heterocycles. The fourth-order valence-electron chi connectivity index (χ4n) is 1.38. The van der Waals surface area contributed by atoms with E-state index in [0.717, 1.165) is 22.7 Å². The molecule has 0 atom stereocenters. The van der Waals surface area contributed by atoms with Crippen LogP contribution in [0.5, 0.6) is 0 Å². The lowest BCUT2D eigenvalue weighted by molar-refractivity contribution is 0.541. The normalized spacial score (nSPS) is 10.3. The predicted octanol–water partition coefficient (Wildman–Crippen LogP) is 3.00. The Morgan fingerprint density at radius 3 is 2.27 bits per heavy atom. The van der Waals surface area contributed by atoms with E-state index in [0.29, 0.717) is 5.89 Å². The van der Waals surface area contributed by atoms with Crippen LogP contribution >= 0.6 is 0 Å². The van der Waals surface area contributed by atoms with Gasteiger partial charge < -0.3 is 9.73 Å². The minimum absolute atomic E-state index is 0.688. The maximum absolute atomic E-state index is 5.54. The van der Waals surface area contributed by atoms with Crippen LogP contribution in [0.4, 0.5) is 5.69 Å². The Kier molecular flexibility index (Phi) is 2.46. The first-order chi connectivity index (χ1) is 7.20. The quantitative estimate of drug-likeness (QED) is 0.813. The first-order valence-electron chi connectivity index (χ1n) is 4.93. The Morgan fingerprint density at radius 2 is 1.80 bits per heavy atom. The van der Waals surface area contributed by atoms with Crippen molar-refractivity contribution in [1.82, 2.24) is 4.98 Å². The number of hydrogen-bond acceptors (Lipinski definition) is 3. The molecule has 0 amide bonds. The van der Waals surface area contributed by atoms with E-state index in [1.54, 1.807) is 0 Å². The second-order valence-electron chi connectivity index (χ2n) is 3.49. The number of benzene rings is 1. The van der Waals surface area contributed by atoms with Crippen molar-refractivity contribution < 1.29 is 4.42 Å². The lowest BCUT2D eigenvalue weighted by Gasteiger charge is -1.99. The largest absolute Gasteiger partial charge is 0.441 e. The van der Waals surface area contributed by atoms with Crippen molar-refractivity contribution in [3.8, 4) is 11.5 Å². The van der Waals surface area contributed by atoms with E-state index in [-0.39, 0.29) is 0 Å². The average molecular weight is 202 g/mol. The molecule has 0 spiro atoms. The molecule has 0 fully saturated rings. The highest BCUT2D eigenvalue weighted by Gasteiger charge is 2.07. The molecule has 2 rings (SSSR count). The molecule has 15 heavy (non-hydrogen) atoms. The van der Waals surface area contributed by atoms with Gasteiger partial charge in [-0.3, -0.25) is 0 Å². The summed E-state index contributed by atoms with van der Waals surface area (Å²) in [5.41, 5.74) is 3.03. The Bertz CT molecular complexity index is 437. The van der Waals surface area contributed by atoms with E-state index in [4.69, 9.17) is 4.42 Å². The lowest BCUT2D eigenvalue weighted by atomic mass is 10.2. The second kappa shape index (κ2) is 3.77. The summed E-state index contributed by atoms with van der Waals surface area (Å²) in [5, 5.41) is 3.07. The number of oxazole rings is 1. The van der Waals surface area contributed by atoms with Gasteiger partial charge in [0.1, 0.15) is 5.76 Å². The summed E-state index contributed by atoms with van der Waals surface area (Å²) in [4.78, 5) is 4.35. The van der Waals surface area contributed by atoms with Gasteiger partial charge in [0.2, 0.25) is 5.89 Å². The molecule has 0 saturated heterocycles. The molecule has 3 heteroatoms. The van der Waals surface area contributed by atoms with Crippen LogP contribution < -0.4 is 5.32 Å². The van der Waals surface area contributed by atoms with Crippen LogP contribution in [0.15, 0.2) is 28.7 Å². The van der Waals surface area contributed by atoms with Crippen LogP contribution in [0, 0.1) is 13.8 Å². The van der Waals surface area contributed by atoms with Crippen molar-refractivity contribution in [1.29, 1.82) is 0 Å². The summed E-state index contributed by atoms with van der Waals surface area (Å²) in [7, 11) is 1.90. The van der Waals surface area contributed by atoms with Crippen LogP contribution in [0.25, 0.3) is 11.5 Å². The standard InChI is InChI=1S/C12H14N2O/c1-8-9(2)15-12(14-8)10-4-6-11(13-3)7-5-10/h4-7,13H,1-3H3. The van der Waals surface area contributed by atoms with Gasteiger partial charge in [-0.25, -0.2) is 4.98 Å². The van der Waals surface area contributed by atoms with E-state index in [9.17, 15) is 0 Å². The first kappa shape index (κ1) is 9.77. The van der Waals surface area contributed by atoms with Gasteiger partial charge >= 0.3 is 0 Å². The molecule has 3 nitrogen and oxygen atoms in total. The van der Waals surface area contributed by atoms with Gasteiger partial charge in [0, 0.05) is 18.3 Å². The maximum atomic E-state index is 5.54. The molecule has 0 aliphatic heterocycles. The van der Waals surface area contributed by atoms with Crippen molar-refractivity contribution in [3.05, 3.63) is 35.7 Å². The Morgan fingerprint density at radius 1 is 1.13 bits per heavy atom. The third-order valence-corrected chi connectivity index (χ3v) is 2.45. The lowest BCUT2D eigenvalue weighted by Crippen LogP contribution is -1.86. The summed E-state index contributed by atoms with van der Waals surface area (Å²) in [5.74, 6) is 1.57. The molecule has 2 aromatic rings. The Balaban J connectivity index is 2.37. The zero-order valence-corrected chi connectivity index (χ0v) is 9.16. The zero-order valence-electron chi connectivity index (χ0n) is 9.16. The molecule has 0 radical (unpaired) electrons. The van der Waals surface area contributed by atoms with Crippen LogP contribution in [-0.2, 0) is 0 Å². The van der Waals surface area contributed by atoms with Gasteiger partial charge in [-0.05, 0) is 38.1 Å². The van der Waals surface area contributed by atoms with E-state index >= 15 is 0 Å². The topological polar surface area (TPSA) is 38.1 Å². The predicted molar refractivity (Wildman–Crippen MR) is 61.0 cm³/mol. The summed E-state index contributed by atoms with van der Waals surface area (Å²) in [6.45, 7) is 3.87. The fourth-order valence-corrected chi connectivity index (χ4v) is 1.38. The number of hydrogen-bond donors (Lipinski definition) is 1. The molecule has 0 aliphatic carbocycles. The van der Waals surface area contributed by atoms with Crippen molar-refractivity contribution in [3.63, 3.8) is 0 Å². The molecular formula is C12H14N2O. The van der Waals surface area contributed by atoms with E-state index in [1.165, 1.54) is 0 Å². The summed E-state index contributed by atoms with van der Waals surface area (Å²) < 4.78 is 5.54. The van der Waals surface area contributed by atoms with Gasteiger partial charge in [-0.15, -0.1) is 0 Å². The van der Waals surface area contributed by atoms with E-state index < -0.39 is 0 Å². The Labute approximate surface area is 89.1 Å². The van der Waals surface area contributed by atoms with Crippen molar-refractivity contribution in [2.24, 2.45) is 0 Å². The number of aryl methyl sites for hydroxylation is 2. The van der Waals surface area contributed by atoms with Crippen LogP contribution in [0.2, 0.25) is 0 Å². The molecule has 78 valence electrons. The molecule has 1 N–H and O–H groups in total. The summed E-state index contributed by atoms with van der Waals surface area (Å²) in [6.07, 6.45) is 0. The van der Waals surface area contributed by atoms with Crippen LogP contribution in [0.1, 0.15) is 11.5 Å². The Hall–Kier alpha value is -1.77. The molecule has 0 saturated carbocycles. The van der Waals surface area contributed by atoms with E-state index in [2.05, 4.69) is 10.3 Å². The molecule has 1 aromatic heterocycles. The summed E-state index contributed by atoms with van der Waals surface area (Å²) >= 11 is 0. The molecule has 0 unspecified atom stereocenters. The maximum Gasteiger partial charge on any atom is 0.226 e. The third-order valence-electron chi connectivity index (χ3n) is 2.45. The monoisotopic (exact) mass is 202 g/mol. The second-order valence-corrected chi connectivity index (χ2v) is 3.49. The number of nitrogens with zero attached hydrogens (tertiary/aromatic N) is 1. The highest BCUT2D eigenvalue weighted by Crippen LogP contribution is 2.22. The third kappa shape index (κ3) is 1.86. The van der Waals surface area contributed by atoms with Gasteiger partial charge in [0.25, 0.3) is 0 Å². The highest BCUT2D eigenvalue weighted by atomic mass is 16.4. The van der Waals surface area contributed by atoms with Gasteiger partial charge in [-0.2, -0.15) is 0 Å². The number of nitrogens with one attached hydrogen (secondary N) is 1. The van der Waals surface area contributed by atoms with Gasteiger partial charge in [0.05, 0.1) is 5.69 Å². The van der Waals surface area contributed by atoms with Gasteiger partial charge in [-0.1, -0.05) is 0 Å². The average Bonchev–Trinajstić information content (AvgIpc) is 2.59. The molecule has 1 aromatic carbocycles. The summed E-state index contributed by atoms with van der Waals surface area (Å²) in [6, 6.07) is 8.00. The molecular weight excluding hydrogens is 188 g/mol. The van der Waals surface area contributed by atoms with Crippen LogP contribution in [-0.4, -0.2) is 12.0 Å². The van der Waals surface area contributed by atoms with Crippen molar-refractivity contribution in [2.45, 2.75) is 13.8 Å². The van der Waals surface area contributed by atoms with Crippen LogP contribution in [0.3, 0.4) is 0 Å².